The minimum atomic E-state index is -0.0613. The molecule has 1 aromatic rings. The molecule has 40 heavy (non-hydrogen) atoms. The molecule has 0 bridgehead atoms. The second-order valence-electron chi connectivity index (χ2n) is 13.6. The number of carbonyl (C=O) groups excluding carboxylic acids is 2. The molecule has 2 rings (SSSR count). The van der Waals surface area contributed by atoms with Gasteiger partial charge in [-0.2, -0.15) is 0 Å². The molecule has 1 aromatic carbocycles. The van der Waals surface area contributed by atoms with E-state index in [-0.39, 0.29) is 56.1 Å². The lowest BCUT2D eigenvalue weighted by Gasteiger charge is -2.47. The Hall–Kier alpha value is -1.11. The molecule has 3 atom stereocenters. The summed E-state index contributed by atoms with van der Waals surface area (Å²) >= 11 is 0.0971. The van der Waals surface area contributed by atoms with E-state index in [1.54, 1.807) is 6.92 Å². The smallest absolute Gasteiger partial charge is 0.309 e. The lowest BCUT2D eigenvalue weighted by Crippen LogP contribution is -3.60. The Labute approximate surface area is 256 Å². The van der Waals surface area contributed by atoms with E-state index in [1.807, 2.05) is 0 Å². The van der Waals surface area contributed by atoms with E-state index >= 15 is 0 Å². The number of benzene rings is 1. The molecule has 0 spiro atoms. The zero-order valence-corrected chi connectivity index (χ0v) is 28.7. The second-order valence-corrected chi connectivity index (χ2v) is 15.9. The number of hydrogen-bond donors (Lipinski definition) is 1. The van der Waals surface area contributed by atoms with Gasteiger partial charge in [0, 0.05) is 25.8 Å². The summed E-state index contributed by atoms with van der Waals surface area (Å²) in [6, 6.07) is 9.13. The molecule has 228 valence electrons. The van der Waals surface area contributed by atoms with Crippen LogP contribution in [0.5, 0.6) is 0 Å². The average molecular weight is 669 g/mol. The Balaban J connectivity index is 1.86. The number of amides is 1. The number of ether oxygens (including phenoxy) is 1. The van der Waals surface area contributed by atoms with Crippen LogP contribution in [0, 0.1) is 14.4 Å². The highest BCUT2D eigenvalue weighted by atomic mass is 127. The van der Waals surface area contributed by atoms with Crippen molar-refractivity contribution in [3.63, 3.8) is 0 Å². The van der Waals surface area contributed by atoms with Crippen LogP contribution in [-0.4, -0.2) is 29.0 Å². The van der Waals surface area contributed by atoms with Crippen molar-refractivity contribution in [2.45, 2.75) is 156 Å². The maximum atomic E-state index is 13.1. The van der Waals surface area contributed by atoms with Crippen molar-refractivity contribution < 1.29 is 35.5 Å². The number of nitrogens with one attached hydrogen (secondary N) is 1. The number of carbonyl (C=O) groups is 2. The Morgan fingerprint density at radius 1 is 0.950 bits per heavy atom. The standard InChI is InChI=1S/C35H58INO3/c1-7-8-9-10-11-12-13-14-15-16-17-32(24-29-18-20-30(36-6)21-19-29)40-33(39)22-23-35(5)26-31(37-28(2)38)25-34(3,4)27-35/h18-21,31-32H,7-17,22-27H2,1-6H3/p+1. The summed E-state index contributed by atoms with van der Waals surface area (Å²) < 4.78 is 7.62. The minimum Gasteiger partial charge on any atom is -0.462 e. The summed E-state index contributed by atoms with van der Waals surface area (Å²) in [7, 11) is 0. The summed E-state index contributed by atoms with van der Waals surface area (Å²) in [5.41, 5.74) is 1.44. The third kappa shape index (κ3) is 14.7. The van der Waals surface area contributed by atoms with Crippen molar-refractivity contribution in [3.8, 4) is 0 Å². The van der Waals surface area contributed by atoms with Crippen LogP contribution in [0.4, 0.5) is 0 Å². The predicted molar refractivity (Wildman–Crippen MR) is 164 cm³/mol. The van der Waals surface area contributed by atoms with Crippen LogP contribution in [0.3, 0.4) is 0 Å². The SMILES string of the molecule is CCCCCCCCCCCCC(Cc1ccc([I+]C)cc1)OC(=O)CCC1(C)CC(NC(C)=O)CC(C)(C)C1. The first kappa shape index (κ1) is 35.1. The molecule has 0 aliphatic heterocycles. The van der Waals surface area contributed by atoms with Gasteiger partial charge in [-0.3, -0.25) is 9.59 Å². The zero-order valence-electron chi connectivity index (χ0n) is 26.6. The van der Waals surface area contributed by atoms with Gasteiger partial charge in [-0.1, -0.05) is 97.6 Å². The fraction of sp³-hybridized carbons (Fsp3) is 0.771. The quantitative estimate of drug-likeness (QED) is 0.0873. The molecule has 1 saturated carbocycles. The van der Waals surface area contributed by atoms with E-state index in [2.05, 4.69) is 62.2 Å². The summed E-state index contributed by atoms with van der Waals surface area (Å²) in [6.45, 7) is 10.7. The maximum absolute atomic E-state index is 13.1. The van der Waals surface area contributed by atoms with Gasteiger partial charge in [0.1, 0.15) is 11.0 Å². The van der Waals surface area contributed by atoms with Gasteiger partial charge in [0.2, 0.25) is 5.91 Å². The highest BCUT2D eigenvalue weighted by molar-refractivity contribution is 5.73. The Bertz CT molecular complexity index is 868. The molecule has 1 aliphatic rings. The maximum Gasteiger partial charge on any atom is 0.309 e. The van der Waals surface area contributed by atoms with Crippen LogP contribution in [0.15, 0.2) is 24.3 Å². The fourth-order valence-corrected chi connectivity index (χ4v) is 8.01. The molecule has 1 aliphatic carbocycles. The van der Waals surface area contributed by atoms with Crippen LogP contribution in [-0.2, 0) is 20.7 Å². The number of halogens is 1. The van der Waals surface area contributed by atoms with Crippen molar-refractivity contribution in [2.75, 3.05) is 4.93 Å². The van der Waals surface area contributed by atoms with E-state index in [9.17, 15) is 9.59 Å². The summed E-state index contributed by atoms with van der Waals surface area (Å²) in [4.78, 5) is 27.2. The molecule has 5 heteroatoms. The molecular weight excluding hydrogens is 609 g/mol. The molecule has 0 saturated heterocycles. The molecule has 1 N–H and O–H groups in total. The summed E-state index contributed by atoms with van der Waals surface area (Å²) in [6.07, 6.45) is 19.1. The lowest BCUT2D eigenvalue weighted by molar-refractivity contribution is -0.597. The monoisotopic (exact) mass is 668 g/mol. The van der Waals surface area contributed by atoms with E-state index in [1.165, 1.54) is 66.9 Å². The van der Waals surface area contributed by atoms with E-state index in [4.69, 9.17) is 4.74 Å². The highest BCUT2D eigenvalue weighted by Crippen LogP contribution is 2.48. The molecule has 1 amide bonds. The number of rotatable bonds is 19. The largest absolute Gasteiger partial charge is 0.462 e. The topological polar surface area (TPSA) is 55.4 Å². The van der Waals surface area contributed by atoms with Crippen LogP contribution in [0.2, 0.25) is 0 Å². The third-order valence-electron chi connectivity index (χ3n) is 8.56. The first-order valence-corrected chi connectivity index (χ1v) is 19.3. The van der Waals surface area contributed by atoms with Gasteiger partial charge in [-0.05, 0) is 67.1 Å². The van der Waals surface area contributed by atoms with Gasteiger partial charge in [0.05, 0.1) is 0 Å². The molecule has 0 aromatic heterocycles. The van der Waals surface area contributed by atoms with E-state index in [0.717, 1.165) is 44.9 Å². The van der Waals surface area contributed by atoms with Crippen LogP contribution in [0.1, 0.15) is 143 Å². The Morgan fingerprint density at radius 3 is 2.12 bits per heavy atom. The average Bonchev–Trinajstić information content (AvgIpc) is 2.87. The molecule has 1 fully saturated rings. The van der Waals surface area contributed by atoms with Crippen molar-refractivity contribution in [1.82, 2.24) is 5.32 Å². The molecule has 4 nitrogen and oxygen atoms in total. The van der Waals surface area contributed by atoms with Crippen molar-refractivity contribution in [1.29, 1.82) is 0 Å². The van der Waals surface area contributed by atoms with Crippen molar-refractivity contribution in [3.05, 3.63) is 33.4 Å². The van der Waals surface area contributed by atoms with Crippen LogP contribution < -0.4 is 26.5 Å². The summed E-state index contributed by atoms with van der Waals surface area (Å²) in [5, 5.41) is 3.15. The third-order valence-corrected chi connectivity index (χ3v) is 10.5. The number of hydrogen-bond acceptors (Lipinski definition) is 3. The predicted octanol–water partition coefficient (Wildman–Crippen LogP) is 5.84. The molecular formula is C35H59INO3+. The number of esters is 1. The van der Waals surface area contributed by atoms with Gasteiger partial charge in [0.15, 0.2) is 3.57 Å². The van der Waals surface area contributed by atoms with Gasteiger partial charge < -0.3 is 10.1 Å². The molecule has 0 heterocycles. The second kappa shape index (κ2) is 18.4. The lowest BCUT2D eigenvalue weighted by atomic mass is 9.61. The van der Waals surface area contributed by atoms with Crippen molar-refractivity contribution in [2.24, 2.45) is 10.8 Å². The number of unbranched alkanes of at least 4 members (excludes halogenated alkanes) is 9. The van der Waals surface area contributed by atoms with Gasteiger partial charge in [0.25, 0.3) is 0 Å². The first-order chi connectivity index (χ1) is 19.0. The Kier molecular flexibility index (Phi) is 16.2. The zero-order chi connectivity index (χ0) is 29.4. The van der Waals surface area contributed by atoms with E-state index in [0.29, 0.717) is 6.42 Å². The van der Waals surface area contributed by atoms with Crippen LogP contribution in [0.25, 0.3) is 0 Å². The first-order valence-electron chi connectivity index (χ1n) is 16.1. The van der Waals surface area contributed by atoms with Crippen molar-refractivity contribution >= 4 is 11.9 Å². The van der Waals surface area contributed by atoms with Crippen LogP contribution >= 0.6 is 0 Å². The molecule has 0 radical (unpaired) electrons. The van der Waals surface area contributed by atoms with Gasteiger partial charge in [-0.15, -0.1) is 0 Å². The number of alkyl halides is 1. The van der Waals surface area contributed by atoms with Gasteiger partial charge >= 0.3 is 27.2 Å². The Morgan fingerprint density at radius 2 is 1.55 bits per heavy atom. The normalized spacial score (nSPS) is 21.1. The molecule has 3 unspecified atom stereocenters. The highest BCUT2D eigenvalue weighted by Gasteiger charge is 2.41. The minimum absolute atomic E-state index is 0.0268. The van der Waals surface area contributed by atoms with E-state index < -0.39 is 0 Å². The fourth-order valence-electron chi connectivity index (χ4n) is 6.93. The summed E-state index contributed by atoms with van der Waals surface area (Å²) in [5.74, 6) is -0.0260. The van der Waals surface area contributed by atoms with Gasteiger partial charge in [-0.25, -0.2) is 0 Å².